The highest BCUT2D eigenvalue weighted by Gasteiger charge is 2.57. The van der Waals surface area contributed by atoms with Crippen LogP contribution < -0.4 is 0 Å². The van der Waals surface area contributed by atoms with E-state index in [2.05, 4.69) is 26.5 Å². The van der Waals surface area contributed by atoms with Gasteiger partial charge in [-0.05, 0) is 73.8 Å². The van der Waals surface area contributed by atoms with Crippen LogP contribution >= 0.6 is 12.6 Å². The van der Waals surface area contributed by atoms with E-state index in [0.29, 0.717) is 22.8 Å². The molecule has 0 spiro atoms. The summed E-state index contributed by atoms with van der Waals surface area (Å²) in [4.78, 5) is 24.2. The first-order chi connectivity index (χ1) is 10.9. The lowest BCUT2D eigenvalue weighted by Crippen LogP contribution is -2.50. The van der Waals surface area contributed by atoms with Gasteiger partial charge in [0.25, 0.3) is 0 Å². The first-order valence-electron chi connectivity index (χ1n) is 9.07. The molecule has 0 aromatic carbocycles. The highest BCUT2D eigenvalue weighted by molar-refractivity contribution is 7.97. The van der Waals surface area contributed by atoms with E-state index in [1.807, 2.05) is 0 Å². The second-order valence-corrected chi connectivity index (χ2v) is 9.04. The fourth-order valence-electron chi connectivity index (χ4n) is 6.60. The number of carbonyl (C=O) groups is 2. The number of hydrogen-bond donors (Lipinski definition) is 1. The Morgan fingerprint density at radius 1 is 1.13 bits per heavy atom. The van der Waals surface area contributed by atoms with Gasteiger partial charge in [-0.2, -0.15) is 0 Å². The van der Waals surface area contributed by atoms with Crippen molar-refractivity contribution in [2.24, 2.45) is 28.6 Å². The molecule has 0 aromatic heterocycles. The Bertz CT molecular complexity index is 646. The monoisotopic (exact) mass is 330 g/mol. The van der Waals surface area contributed by atoms with Crippen molar-refractivity contribution in [3.8, 4) is 0 Å². The molecule has 3 saturated carbocycles. The van der Waals surface area contributed by atoms with Gasteiger partial charge in [0, 0.05) is 11.0 Å². The molecule has 0 aliphatic heterocycles. The van der Waals surface area contributed by atoms with Crippen LogP contribution in [0.25, 0.3) is 0 Å². The molecule has 0 unspecified atom stereocenters. The fraction of sp³-hybridized carbons (Fsp3) is 0.700. The van der Waals surface area contributed by atoms with Crippen molar-refractivity contribution in [3.05, 3.63) is 23.3 Å². The summed E-state index contributed by atoms with van der Waals surface area (Å²) >= 11 is 4.11. The average Bonchev–Trinajstić information content (AvgIpc) is 2.88. The summed E-state index contributed by atoms with van der Waals surface area (Å²) in [6.45, 7) is 4.69. The molecule has 3 heteroatoms. The van der Waals surface area contributed by atoms with Gasteiger partial charge in [-0.15, -0.1) is 12.6 Å². The highest BCUT2D eigenvalue weighted by atomic mass is 32.1. The van der Waals surface area contributed by atoms with Gasteiger partial charge in [-0.1, -0.05) is 25.8 Å². The largest absolute Gasteiger partial charge is 0.290 e. The van der Waals surface area contributed by atoms with Gasteiger partial charge in [0.1, 0.15) is 0 Å². The van der Waals surface area contributed by atoms with E-state index in [0.717, 1.165) is 12.3 Å². The predicted molar refractivity (Wildman–Crippen MR) is 94.2 cm³/mol. The van der Waals surface area contributed by atoms with Gasteiger partial charge in [0.2, 0.25) is 5.12 Å². The minimum atomic E-state index is -0.264. The summed E-state index contributed by atoms with van der Waals surface area (Å²) in [5, 5.41) is -0.216. The number of allylic oxidation sites excluding steroid dienone is 3. The summed E-state index contributed by atoms with van der Waals surface area (Å²) in [5.41, 5.74) is 2.09. The Morgan fingerprint density at radius 2 is 1.91 bits per heavy atom. The zero-order valence-corrected chi connectivity index (χ0v) is 15.0. The van der Waals surface area contributed by atoms with Gasteiger partial charge >= 0.3 is 0 Å². The third-order valence-electron chi connectivity index (χ3n) is 7.77. The SMILES string of the molecule is C[C@@]12CCC[C@H]1[C@@H]1CCC3=CC(=O)C=C(C(=O)S)[C@]3(C)[C@H]1CC2. The summed E-state index contributed by atoms with van der Waals surface area (Å²) in [6.07, 6.45) is 12.0. The van der Waals surface area contributed by atoms with Crippen molar-refractivity contribution in [1.29, 1.82) is 0 Å². The van der Waals surface area contributed by atoms with Gasteiger partial charge in [0.05, 0.1) is 0 Å². The van der Waals surface area contributed by atoms with Crippen molar-refractivity contribution in [3.63, 3.8) is 0 Å². The average molecular weight is 330 g/mol. The first kappa shape index (κ1) is 15.7. The van der Waals surface area contributed by atoms with E-state index >= 15 is 0 Å². The maximum Gasteiger partial charge on any atom is 0.213 e. The van der Waals surface area contributed by atoms with Crippen LogP contribution in [0.3, 0.4) is 0 Å². The normalized spacial score (nSPS) is 45.5. The number of carbonyl (C=O) groups excluding carboxylic acids is 2. The topological polar surface area (TPSA) is 34.1 Å². The molecule has 4 aliphatic rings. The molecule has 0 radical (unpaired) electrons. The van der Waals surface area contributed by atoms with Crippen LogP contribution in [-0.4, -0.2) is 10.9 Å². The summed E-state index contributed by atoms with van der Waals surface area (Å²) < 4.78 is 0. The van der Waals surface area contributed by atoms with Crippen molar-refractivity contribution >= 4 is 23.5 Å². The van der Waals surface area contributed by atoms with Gasteiger partial charge < -0.3 is 0 Å². The number of hydrogen-bond acceptors (Lipinski definition) is 2. The Kier molecular flexibility index (Phi) is 3.46. The van der Waals surface area contributed by atoms with Crippen LogP contribution in [0.1, 0.15) is 58.8 Å². The van der Waals surface area contributed by atoms with E-state index in [1.54, 1.807) is 12.2 Å². The van der Waals surface area contributed by atoms with Crippen molar-refractivity contribution in [2.75, 3.05) is 0 Å². The third-order valence-corrected chi connectivity index (χ3v) is 8.01. The molecule has 4 rings (SSSR count). The Balaban J connectivity index is 1.78. The van der Waals surface area contributed by atoms with Crippen molar-refractivity contribution in [2.45, 2.75) is 58.8 Å². The first-order valence-corrected chi connectivity index (χ1v) is 9.51. The molecule has 3 fully saturated rings. The van der Waals surface area contributed by atoms with Crippen LogP contribution in [-0.2, 0) is 9.59 Å². The molecule has 23 heavy (non-hydrogen) atoms. The molecule has 0 N–H and O–H groups in total. The molecular formula is C20H26O2S. The van der Waals surface area contributed by atoms with Crippen molar-refractivity contribution < 1.29 is 9.59 Å². The van der Waals surface area contributed by atoms with Crippen LogP contribution in [0.5, 0.6) is 0 Å². The Morgan fingerprint density at radius 3 is 2.65 bits per heavy atom. The van der Waals surface area contributed by atoms with Gasteiger partial charge in [-0.3, -0.25) is 9.59 Å². The van der Waals surface area contributed by atoms with E-state index in [9.17, 15) is 9.59 Å². The van der Waals surface area contributed by atoms with E-state index in [1.165, 1.54) is 44.1 Å². The number of ketones is 1. The Hall–Kier alpha value is -0.830. The fourth-order valence-corrected chi connectivity index (χ4v) is 6.90. The summed E-state index contributed by atoms with van der Waals surface area (Å²) in [7, 11) is 0. The quantitative estimate of drug-likeness (QED) is 0.718. The molecule has 124 valence electrons. The van der Waals surface area contributed by atoms with Crippen LogP contribution in [0.15, 0.2) is 23.3 Å². The lowest BCUT2D eigenvalue weighted by molar-refractivity contribution is -0.113. The van der Waals surface area contributed by atoms with Crippen LogP contribution in [0, 0.1) is 28.6 Å². The standard InChI is InChI=1S/C20H26O2S/c1-19-8-3-4-15(19)14-6-5-12-10-13(21)11-17(18(22)23)20(12,2)16(14)7-9-19/h10-11,14-16H,3-9H2,1-2H3,(H,22,23)/t14-,15-,16-,19-,20-/m0/s1. The van der Waals surface area contributed by atoms with Crippen molar-refractivity contribution in [1.82, 2.24) is 0 Å². The molecule has 5 atom stereocenters. The molecule has 2 nitrogen and oxygen atoms in total. The number of fused-ring (bicyclic) bond motifs is 5. The van der Waals surface area contributed by atoms with E-state index in [-0.39, 0.29) is 16.3 Å². The second-order valence-electron chi connectivity index (χ2n) is 8.64. The molecular weight excluding hydrogens is 304 g/mol. The third kappa shape index (κ3) is 2.08. The zero-order chi connectivity index (χ0) is 16.4. The molecule has 0 saturated heterocycles. The van der Waals surface area contributed by atoms with E-state index in [4.69, 9.17) is 0 Å². The molecule has 0 heterocycles. The molecule has 0 bridgehead atoms. The van der Waals surface area contributed by atoms with Gasteiger partial charge in [0.15, 0.2) is 5.78 Å². The van der Waals surface area contributed by atoms with Gasteiger partial charge in [-0.25, -0.2) is 0 Å². The van der Waals surface area contributed by atoms with Crippen LogP contribution in [0.2, 0.25) is 0 Å². The Labute approximate surface area is 144 Å². The highest BCUT2D eigenvalue weighted by Crippen LogP contribution is 2.65. The molecule has 4 aliphatic carbocycles. The second kappa shape index (κ2) is 5.08. The number of thiol groups is 1. The maximum atomic E-state index is 12.2. The van der Waals surface area contributed by atoms with Crippen LogP contribution in [0.4, 0.5) is 0 Å². The zero-order valence-electron chi connectivity index (χ0n) is 14.1. The maximum absolute atomic E-state index is 12.2. The van der Waals surface area contributed by atoms with E-state index < -0.39 is 0 Å². The minimum Gasteiger partial charge on any atom is -0.290 e. The predicted octanol–water partition coefficient (Wildman–Crippen LogP) is 4.51. The minimum absolute atomic E-state index is 0.0326. The lowest BCUT2D eigenvalue weighted by atomic mass is 9.47. The number of rotatable bonds is 1. The lowest BCUT2D eigenvalue weighted by Gasteiger charge is -2.57. The molecule has 0 amide bonds. The summed E-state index contributed by atoms with van der Waals surface area (Å²) in [5.74, 6) is 1.96. The molecule has 0 aromatic rings. The smallest absolute Gasteiger partial charge is 0.213 e. The summed E-state index contributed by atoms with van der Waals surface area (Å²) in [6, 6.07) is 0.